The van der Waals surface area contributed by atoms with E-state index in [1.54, 1.807) is 18.2 Å². The zero-order chi connectivity index (χ0) is 15.7. The maximum Gasteiger partial charge on any atom is 0.270 e. The summed E-state index contributed by atoms with van der Waals surface area (Å²) in [4.78, 5) is 18.9. The highest BCUT2D eigenvalue weighted by Crippen LogP contribution is 2.29. The molecule has 22 heavy (non-hydrogen) atoms. The van der Waals surface area contributed by atoms with Crippen molar-refractivity contribution in [1.82, 2.24) is 0 Å². The SMILES string of the molecule is NC1=Nc2ccc([N+](=O)[O-])cc2C(c2ccccc2F)=NC1. The van der Waals surface area contributed by atoms with Gasteiger partial charge in [0.15, 0.2) is 0 Å². The Balaban J connectivity index is 2.25. The van der Waals surface area contributed by atoms with Crippen molar-refractivity contribution in [3.05, 3.63) is 69.5 Å². The van der Waals surface area contributed by atoms with Crippen LogP contribution < -0.4 is 5.73 Å². The number of nitrogens with zero attached hydrogens (tertiary/aromatic N) is 3. The summed E-state index contributed by atoms with van der Waals surface area (Å²) in [7, 11) is 0. The molecule has 1 aliphatic heterocycles. The molecule has 0 aromatic heterocycles. The zero-order valence-corrected chi connectivity index (χ0v) is 11.4. The number of fused-ring (bicyclic) bond motifs is 1. The summed E-state index contributed by atoms with van der Waals surface area (Å²) in [6.45, 7) is 0.103. The van der Waals surface area contributed by atoms with E-state index >= 15 is 0 Å². The third-order valence-corrected chi connectivity index (χ3v) is 3.24. The van der Waals surface area contributed by atoms with E-state index in [9.17, 15) is 14.5 Å². The smallest absolute Gasteiger partial charge is 0.270 e. The quantitative estimate of drug-likeness (QED) is 0.682. The van der Waals surface area contributed by atoms with E-state index in [1.807, 2.05) is 0 Å². The fourth-order valence-electron chi connectivity index (χ4n) is 2.24. The van der Waals surface area contributed by atoms with Crippen molar-refractivity contribution in [2.45, 2.75) is 0 Å². The molecular weight excluding hydrogens is 287 g/mol. The van der Waals surface area contributed by atoms with Crippen LogP contribution in [0.2, 0.25) is 0 Å². The van der Waals surface area contributed by atoms with Gasteiger partial charge in [-0.2, -0.15) is 0 Å². The van der Waals surface area contributed by atoms with Crippen LogP contribution in [0.5, 0.6) is 0 Å². The maximum absolute atomic E-state index is 14.1. The number of non-ortho nitro benzene ring substituents is 1. The molecule has 110 valence electrons. The highest BCUT2D eigenvalue weighted by molar-refractivity contribution is 6.17. The molecular formula is C15H11FN4O2. The molecule has 6 nitrogen and oxygen atoms in total. The minimum atomic E-state index is -0.517. The lowest BCUT2D eigenvalue weighted by Crippen LogP contribution is -2.15. The Labute approximate surface area is 125 Å². The average molecular weight is 298 g/mol. The number of nitro benzene ring substituents is 1. The van der Waals surface area contributed by atoms with E-state index in [2.05, 4.69) is 9.98 Å². The van der Waals surface area contributed by atoms with Crippen LogP contribution in [-0.4, -0.2) is 23.0 Å². The normalized spacial score (nSPS) is 13.7. The molecule has 0 spiro atoms. The van der Waals surface area contributed by atoms with Gasteiger partial charge in [-0.3, -0.25) is 15.1 Å². The van der Waals surface area contributed by atoms with Crippen LogP contribution in [0, 0.1) is 15.9 Å². The molecule has 0 amide bonds. The highest BCUT2D eigenvalue weighted by atomic mass is 19.1. The first-order chi connectivity index (χ1) is 10.6. The number of rotatable bonds is 2. The maximum atomic E-state index is 14.1. The van der Waals surface area contributed by atoms with E-state index < -0.39 is 10.7 Å². The molecule has 3 rings (SSSR count). The Morgan fingerprint density at radius 2 is 1.95 bits per heavy atom. The van der Waals surface area contributed by atoms with Gasteiger partial charge in [-0.15, -0.1) is 0 Å². The molecule has 2 aromatic carbocycles. The minimum absolute atomic E-state index is 0.103. The number of nitro groups is 1. The molecule has 0 aliphatic carbocycles. The summed E-state index contributed by atoms with van der Waals surface area (Å²) in [5.41, 5.74) is 7.02. The molecule has 7 heteroatoms. The lowest BCUT2D eigenvalue weighted by Gasteiger charge is -2.09. The van der Waals surface area contributed by atoms with Gasteiger partial charge >= 0.3 is 0 Å². The number of nitrogens with two attached hydrogens (primary N) is 1. The van der Waals surface area contributed by atoms with E-state index in [0.717, 1.165) is 0 Å². The molecule has 0 radical (unpaired) electrons. The molecule has 0 bridgehead atoms. The first kappa shape index (κ1) is 13.9. The Bertz CT molecular complexity index is 830. The van der Waals surface area contributed by atoms with Crippen LogP contribution in [0.25, 0.3) is 0 Å². The van der Waals surface area contributed by atoms with E-state index in [-0.39, 0.29) is 23.6 Å². The van der Waals surface area contributed by atoms with Crippen molar-refractivity contribution in [1.29, 1.82) is 0 Å². The summed E-state index contributed by atoms with van der Waals surface area (Å²) in [5, 5.41) is 11.0. The molecule has 0 saturated heterocycles. The van der Waals surface area contributed by atoms with Crippen molar-refractivity contribution in [2.75, 3.05) is 6.54 Å². The van der Waals surface area contributed by atoms with Gasteiger partial charge in [0.25, 0.3) is 5.69 Å². The number of halogens is 1. The Morgan fingerprint density at radius 3 is 2.68 bits per heavy atom. The molecule has 1 heterocycles. The third-order valence-electron chi connectivity index (χ3n) is 3.24. The number of amidine groups is 1. The Hall–Kier alpha value is -3.09. The lowest BCUT2D eigenvalue weighted by atomic mass is 9.99. The summed E-state index contributed by atoms with van der Waals surface area (Å²) in [6.07, 6.45) is 0. The second-order valence-electron chi connectivity index (χ2n) is 4.71. The van der Waals surface area contributed by atoms with Gasteiger partial charge in [-0.1, -0.05) is 12.1 Å². The molecule has 2 aromatic rings. The standard InChI is InChI=1S/C15H11FN4O2/c16-12-4-2-1-3-10(12)15-11-7-9(20(21)22)5-6-13(11)19-14(17)8-18-15/h1-7H,8H2,(H2,17,19). The zero-order valence-electron chi connectivity index (χ0n) is 11.4. The van der Waals surface area contributed by atoms with E-state index in [4.69, 9.17) is 5.73 Å². The summed E-state index contributed by atoms with van der Waals surface area (Å²) >= 11 is 0. The van der Waals surface area contributed by atoms with E-state index in [0.29, 0.717) is 17.0 Å². The molecule has 2 N–H and O–H groups in total. The van der Waals surface area contributed by atoms with Gasteiger partial charge in [-0.25, -0.2) is 9.38 Å². The summed E-state index contributed by atoms with van der Waals surface area (Å²) in [5.74, 6) is -0.194. The molecule has 0 unspecified atom stereocenters. The predicted octanol–water partition coefficient (Wildman–Crippen LogP) is 2.57. The molecule has 0 atom stereocenters. The second kappa shape index (κ2) is 5.36. The van der Waals surface area contributed by atoms with Gasteiger partial charge in [0, 0.05) is 23.3 Å². The van der Waals surface area contributed by atoms with Gasteiger partial charge in [0.2, 0.25) is 0 Å². The van der Waals surface area contributed by atoms with Crippen molar-refractivity contribution in [2.24, 2.45) is 15.7 Å². The van der Waals surface area contributed by atoms with Crippen LogP contribution in [0.1, 0.15) is 11.1 Å². The van der Waals surface area contributed by atoms with Gasteiger partial charge < -0.3 is 5.73 Å². The molecule has 0 fully saturated rings. The lowest BCUT2D eigenvalue weighted by molar-refractivity contribution is -0.384. The summed E-state index contributed by atoms with van der Waals surface area (Å²) < 4.78 is 14.1. The van der Waals surface area contributed by atoms with Gasteiger partial charge in [0.1, 0.15) is 11.7 Å². The third kappa shape index (κ3) is 2.44. The van der Waals surface area contributed by atoms with Crippen LogP contribution in [0.15, 0.2) is 52.4 Å². The van der Waals surface area contributed by atoms with Crippen molar-refractivity contribution >= 4 is 22.9 Å². The van der Waals surface area contributed by atoms with Gasteiger partial charge in [-0.05, 0) is 18.2 Å². The fraction of sp³-hybridized carbons (Fsp3) is 0.0667. The number of hydrogen-bond donors (Lipinski definition) is 1. The number of aliphatic imine (C=N–C) groups is 2. The molecule has 1 aliphatic rings. The number of hydrogen-bond acceptors (Lipinski definition) is 5. The van der Waals surface area contributed by atoms with Crippen LogP contribution in [0.3, 0.4) is 0 Å². The van der Waals surface area contributed by atoms with Crippen molar-refractivity contribution in [3.8, 4) is 0 Å². The second-order valence-corrected chi connectivity index (χ2v) is 4.71. The van der Waals surface area contributed by atoms with E-state index in [1.165, 1.54) is 24.3 Å². The summed E-state index contributed by atoms with van der Waals surface area (Å²) in [6, 6.07) is 10.3. The van der Waals surface area contributed by atoms with Crippen LogP contribution in [-0.2, 0) is 0 Å². The van der Waals surface area contributed by atoms with Crippen LogP contribution >= 0.6 is 0 Å². The minimum Gasteiger partial charge on any atom is -0.386 e. The topological polar surface area (TPSA) is 93.9 Å². The van der Waals surface area contributed by atoms with Crippen molar-refractivity contribution in [3.63, 3.8) is 0 Å². The first-order valence-electron chi connectivity index (χ1n) is 6.47. The average Bonchev–Trinajstić information content (AvgIpc) is 2.65. The molecule has 0 saturated carbocycles. The highest BCUT2D eigenvalue weighted by Gasteiger charge is 2.20. The van der Waals surface area contributed by atoms with Crippen LogP contribution in [0.4, 0.5) is 15.8 Å². The predicted molar refractivity (Wildman–Crippen MR) is 81.3 cm³/mol. The monoisotopic (exact) mass is 298 g/mol. The number of benzene rings is 2. The fourth-order valence-corrected chi connectivity index (χ4v) is 2.24. The first-order valence-corrected chi connectivity index (χ1v) is 6.47. The largest absolute Gasteiger partial charge is 0.386 e. The van der Waals surface area contributed by atoms with Gasteiger partial charge in [0.05, 0.1) is 22.9 Å². The Kier molecular flexibility index (Phi) is 3.38. The van der Waals surface area contributed by atoms with Crippen molar-refractivity contribution < 1.29 is 9.31 Å². The Morgan fingerprint density at radius 1 is 1.18 bits per heavy atom.